The second-order valence-electron chi connectivity index (χ2n) is 10.0. The lowest BCUT2D eigenvalue weighted by atomic mass is 9.58. The number of fused-ring (bicyclic) bond motifs is 1. The van der Waals surface area contributed by atoms with Crippen molar-refractivity contribution in [1.29, 1.82) is 0 Å². The van der Waals surface area contributed by atoms with Crippen LogP contribution in [0.2, 0.25) is 0 Å². The third kappa shape index (κ3) is 6.54. The predicted molar refractivity (Wildman–Crippen MR) is 150 cm³/mol. The maximum atomic E-state index is 10.1. The van der Waals surface area contributed by atoms with Crippen LogP contribution in [0.1, 0.15) is 78.6 Å². The number of rotatable bonds is 10. The number of hydrogen-bond donors (Lipinski definition) is 3. The highest BCUT2D eigenvalue weighted by atomic mass is 32.2. The van der Waals surface area contributed by atoms with Gasteiger partial charge in [0.2, 0.25) is 0 Å². The highest BCUT2D eigenvalue weighted by molar-refractivity contribution is 8.24. The summed E-state index contributed by atoms with van der Waals surface area (Å²) in [7, 11) is 0. The zero-order valence-corrected chi connectivity index (χ0v) is 22.8. The standard InChI is InChI=1S/C29H43NO2S2/c1-5-14-29(15-6-2)21(3)17-24(25(20-31)18-22(4)30-32)10-7-9-23-12-13-26(19-27(23)29)34-28-11-8-16-33-28/h7,10-11,13,17,20,22-23,27,30-32H,3,5-6,8-9,12,14-16,18-19H2,1-2,4H3/b10-7-,24-17+,25-20+/t22?,23-,27+/m1/s1. The van der Waals surface area contributed by atoms with E-state index in [4.69, 9.17) is 6.58 Å². The number of hydroxylamine groups is 1. The van der Waals surface area contributed by atoms with Crippen molar-refractivity contribution in [3.63, 3.8) is 0 Å². The van der Waals surface area contributed by atoms with Crippen LogP contribution in [-0.2, 0) is 0 Å². The molecule has 0 aromatic rings. The molecule has 0 aromatic carbocycles. The Hall–Kier alpha value is -1.14. The molecule has 1 unspecified atom stereocenters. The largest absolute Gasteiger partial charge is 0.515 e. The molecule has 0 aromatic heterocycles. The van der Waals surface area contributed by atoms with Gasteiger partial charge < -0.3 is 10.3 Å². The molecule has 3 atom stereocenters. The molecule has 0 spiro atoms. The van der Waals surface area contributed by atoms with Crippen molar-refractivity contribution in [1.82, 2.24) is 5.48 Å². The first-order chi connectivity index (χ1) is 16.5. The third-order valence-corrected chi connectivity index (χ3v) is 10.1. The first-order valence-corrected chi connectivity index (χ1v) is 14.8. The maximum absolute atomic E-state index is 10.1. The second kappa shape index (κ2) is 13.2. The molecule has 0 fully saturated rings. The quantitative estimate of drug-likeness (QED) is 0.206. The van der Waals surface area contributed by atoms with E-state index in [0.717, 1.165) is 56.1 Å². The predicted octanol–water partition coefficient (Wildman–Crippen LogP) is 8.84. The van der Waals surface area contributed by atoms with Crippen LogP contribution in [0.3, 0.4) is 0 Å². The molecule has 1 aliphatic heterocycles. The van der Waals surface area contributed by atoms with Crippen molar-refractivity contribution < 1.29 is 10.3 Å². The zero-order chi connectivity index (χ0) is 24.6. The summed E-state index contributed by atoms with van der Waals surface area (Å²) in [6.45, 7) is 11.2. The molecule has 0 bridgehead atoms. The smallest absolute Gasteiger partial charge is 0.0830 e. The number of nitrogens with one attached hydrogen (secondary N) is 1. The molecule has 34 heavy (non-hydrogen) atoms. The van der Waals surface area contributed by atoms with Crippen LogP contribution in [0, 0.1) is 17.3 Å². The summed E-state index contributed by atoms with van der Waals surface area (Å²) in [6.07, 6.45) is 22.4. The summed E-state index contributed by atoms with van der Waals surface area (Å²) >= 11 is 4.01. The average molecular weight is 502 g/mol. The van der Waals surface area contributed by atoms with Gasteiger partial charge in [0.05, 0.1) is 6.26 Å². The molecule has 2 aliphatic carbocycles. The monoisotopic (exact) mass is 501 g/mol. The van der Waals surface area contributed by atoms with Gasteiger partial charge in [-0.25, -0.2) is 5.48 Å². The van der Waals surface area contributed by atoms with Crippen LogP contribution >= 0.6 is 23.5 Å². The van der Waals surface area contributed by atoms with Crippen molar-refractivity contribution in [2.45, 2.75) is 84.6 Å². The molecule has 188 valence electrons. The molecule has 0 saturated carbocycles. The van der Waals surface area contributed by atoms with E-state index in [1.165, 1.54) is 33.2 Å². The fourth-order valence-corrected chi connectivity index (χ4v) is 8.40. The van der Waals surface area contributed by atoms with Gasteiger partial charge in [-0.15, -0.1) is 11.8 Å². The number of allylic oxidation sites excluding steroid dienone is 8. The molecule has 3 N–H and O–H groups in total. The first-order valence-electron chi connectivity index (χ1n) is 13.0. The van der Waals surface area contributed by atoms with E-state index in [-0.39, 0.29) is 11.5 Å². The Balaban J connectivity index is 1.99. The fourth-order valence-electron chi connectivity index (χ4n) is 6.02. The molecule has 3 aliphatic rings. The topological polar surface area (TPSA) is 52.5 Å². The number of aliphatic hydroxyl groups is 1. The van der Waals surface area contributed by atoms with E-state index >= 15 is 0 Å². The van der Waals surface area contributed by atoms with Crippen LogP contribution in [0.4, 0.5) is 0 Å². The van der Waals surface area contributed by atoms with Crippen molar-refractivity contribution in [3.05, 3.63) is 69.1 Å². The summed E-state index contributed by atoms with van der Waals surface area (Å²) in [5.41, 5.74) is 5.42. The van der Waals surface area contributed by atoms with Crippen LogP contribution in [0.25, 0.3) is 0 Å². The fraction of sp³-hybridized carbons (Fsp3) is 0.586. The van der Waals surface area contributed by atoms with Gasteiger partial charge in [-0.1, -0.05) is 75.4 Å². The Morgan fingerprint density at radius 2 is 2.06 bits per heavy atom. The van der Waals surface area contributed by atoms with Gasteiger partial charge in [0, 0.05) is 16.0 Å². The Morgan fingerprint density at radius 1 is 1.29 bits per heavy atom. The van der Waals surface area contributed by atoms with Crippen molar-refractivity contribution in [2.24, 2.45) is 17.3 Å². The second-order valence-corrected chi connectivity index (χ2v) is 12.6. The Kier molecular flexibility index (Phi) is 10.7. The number of aliphatic hydroxyl groups excluding tert-OH is 1. The van der Waals surface area contributed by atoms with Gasteiger partial charge >= 0.3 is 0 Å². The molecule has 0 saturated heterocycles. The van der Waals surface area contributed by atoms with Gasteiger partial charge in [-0.2, -0.15) is 0 Å². The molecular weight excluding hydrogens is 458 g/mol. The molecule has 0 amide bonds. The van der Waals surface area contributed by atoms with Gasteiger partial charge in [0.1, 0.15) is 0 Å². The lowest BCUT2D eigenvalue weighted by molar-refractivity contribution is 0.112. The third-order valence-electron chi connectivity index (χ3n) is 7.62. The van der Waals surface area contributed by atoms with Gasteiger partial charge in [0.15, 0.2) is 0 Å². The SMILES string of the molecule is C=C1/C=C(/C(=C/O)CC(C)NO)\C=C/C[C@@H]2CC=C(SC3=CCCS3)C[C@@H]2C1(CCC)CCC. The summed E-state index contributed by atoms with van der Waals surface area (Å²) in [5, 5.41) is 19.4. The van der Waals surface area contributed by atoms with Gasteiger partial charge in [-0.3, -0.25) is 0 Å². The summed E-state index contributed by atoms with van der Waals surface area (Å²) in [6, 6.07) is -0.140. The van der Waals surface area contributed by atoms with Crippen LogP contribution < -0.4 is 5.48 Å². The minimum Gasteiger partial charge on any atom is -0.515 e. The number of thioether (sulfide) groups is 2. The minimum atomic E-state index is -0.140. The van der Waals surface area contributed by atoms with E-state index in [1.807, 2.05) is 30.4 Å². The molecule has 5 heteroatoms. The molecule has 3 rings (SSSR count). The van der Waals surface area contributed by atoms with E-state index in [2.05, 4.69) is 49.7 Å². The normalized spacial score (nSPS) is 28.5. The average Bonchev–Trinajstić information content (AvgIpc) is 3.35. The maximum Gasteiger partial charge on any atom is 0.0830 e. The van der Waals surface area contributed by atoms with Crippen molar-refractivity contribution >= 4 is 23.5 Å². The highest BCUT2D eigenvalue weighted by Gasteiger charge is 2.44. The van der Waals surface area contributed by atoms with E-state index in [9.17, 15) is 10.3 Å². The molecule has 1 heterocycles. The van der Waals surface area contributed by atoms with Crippen LogP contribution in [-0.4, -0.2) is 22.1 Å². The zero-order valence-electron chi connectivity index (χ0n) is 21.2. The lowest BCUT2D eigenvalue weighted by Gasteiger charge is -2.47. The van der Waals surface area contributed by atoms with Crippen LogP contribution in [0.15, 0.2) is 69.1 Å². The summed E-state index contributed by atoms with van der Waals surface area (Å²) < 4.78 is 1.48. The highest BCUT2D eigenvalue weighted by Crippen LogP contribution is 2.56. The number of hydrogen-bond acceptors (Lipinski definition) is 5. The van der Waals surface area contributed by atoms with E-state index < -0.39 is 0 Å². The Labute approximate surface area is 215 Å². The van der Waals surface area contributed by atoms with Crippen molar-refractivity contribution in [3.8, 4) is 0 Å². The molecule has 0 radical (unpaired) electrons. The Bertz CT molecular complexity index is 861. The minimum absolute atomic E-state index is 0.0596. The van der Waals surface area contributed by atoms with Crippen LogP contribution in [0.5, 0.6) is 0 Å². The van der Waals surface area contributed by atoms with E-state index in [1.54, 1.807) is 0 Å². The van der Waals surface area contributed by atoms with Gasteiger partial charge in [0.25, 0.3) is 0 Å². The van der Waals surface area contributed by atoms with E-state index in [0.29, 0.717) is 18.3 Å². The first kappa shape index (κ1) is 27.4. The van der Waals surface area contributed by atoms with Crippen molar-refractivity contribution in [2.75, 3.05) is 5.75 Å². The molecular formula is C29H43NO2S2. The lowest BCUT2D eigenvalue weighted by Crippen LogP contribution is -2.38. The van der Waals surface area contributed by atoms with Gasteiger partial charge in [-0.05, 0) is 90.7 Å². The summed E-state index contributed by atoms with van der Waals surface area (Å²) in [5.74, 6) is 2.39. The Morgan fingerprint density at radius 3 is 2.68 bits per heavy atom. The molecule has 3 nitrogen and oxygen atoms in total. The summed E-state index contributed by atoms with van der Waals surface area (Å²) in [4.78, 5) is 1.54.